The van der Waals surface area contributed by atoms with Crippen molar-refractivity contribution in [2.75, 3.05) is 19.6 Å². The van der Waals surface area contributed by atoms with Crippen LogP contribution in [0.4, 0.5) is 0 Å². The highest BCUT2D eigenvalue weighted by Gasteiger charge is 2.25. The maximum Gasteiger partial charge on any atom is 0.219 e. The zero-order valence-corrected chi connectivity index (χ0v) is 12.9. The van der Waals surface area contributed by atoms with Gasteiger partial charge in [-0.3, -0.25) is 4.79 Å². The first kappa shape index (κ1) is 16.4. The standard InChI is InChI=1S/C15H30N2O2/c1-12(2)5-8-15(4,19)11-16-14-6-9-17(10-7-14)13(3)18/h12,14,16,19H,5-11H2,1-4H3. The molecular weight excluding hydrogens is 240 g/mol. The van der Waals surface area contributed by atoms with Gasteiger partial charge in [0.2, 0.25) is 5.91 Å². The lowest BCUT2D eigenvalue weighted by molar-refractivity contribution is -0.129. The highest BCUT2D eigenvalue weighted by molar-refractivity contribution is 5.73. The van der Waals surface area contributed by atoms with Crippen molar-refractivity contribution in [3.8, 4) is 0 Å². The Balaban J connectivity index is 2.24. The molecule has 112 valence electrons. The van der Waals surface area contributed by atoms with Gasteiger partial charge in [-0.15, -0.1) is 0 Å². The predicted molar refractivity (Wildman–Crippen MR) is 78.0 cm³/mol. The van der Waals surface area contributed by atoms with Gasteiger partial charge in [-0.05, 0) is 38.5 Å². The molecule has 0 spiro atoms. The zero-order valence-electron chi connectivity index (χ0n) is 12.9. The summed E-state index contributed by atoms with van der Waals surface area (Å²) in [6, 6.07) is 0.432. The molecule has 1 aliphatic heterocycles. The Kier molecular flexibility index (Phi) is 6.27. The van der Waals surface area contributed by atoms with E-state index in [0.29, 0.717) is 18.5 Å². The van der Waals surface area contributed by atoms with Crippen molar-refractivity contribution in [1.82, 2.24) is 10.2 Å². The number of aliphatic hydroxyl groups is 1. The number of hydrogen-bond donors (Lipinski definition) is 2. The van der Waals surface area contributed by atoms with Crippen LogP contribution in [0.1, 0.15) is 53.4 Å². The Labute approximate surface area is 117 Å². The summed E-state index contributed by atoms with van der Waals surface area (Å²) in [5, 5.41) is 13.8. The molecule has 4 nitrogen and oxygen atoms in total. The molecule has 1 atom stereocenters. The second kappa shape index (κ2) is 7.25. The number of carbonyl (C=O) groups excluding carboxylic acids is 1. The topological polar surface area (TPSA) is 52.6 Å². The Morgan fingerprint density at radius 3 is 2.47 bits per heavy atom. The number of rotatable bonds is 6. The van der Waals surface area contributed by atoms with Crippen LogP contribution in [0.5, 0.6) is 0 Å². The third-order valence-corrected chi connectivity index (χ3v) is 3.97. The maximum absolute atomic E-state index is 11.2. The third-order valence-electron chi connectivity index (χ3n) is 3.97. The first-order valence-corrected chi connectivity index (χ1v) is 7.51. The van der Waals surface area contributed by atoms with E-state index in [9.17, 15) is 9.90 Å². The fourth-order valence-electron chi connectivity index (χ4n) is 2.45. The quantitative estimate of drug-likeness (QED) is 0.773. The monoisotopic (exact) mass is 270 g/mol. The van der Waals surface area contributed by atoms with Crippen molar-refractivity contribution < 1.29 is 9.90 Å². The molecule has 4 heteroatoms. The van der Waals surface area contributed by atoms with E-state index in [1.807, 2.05) is 11.8 Å². The highest BCUT2D eigenvalue weighted by atomic mass is 16.3. The van der Waals surface area contributed by atoms with Crippen LogP contribution in [0.2, 0.25) is 0 Å². The number of nitrogens with one attached hydrogen (secondary N) is 1. The maximum atomic E-state index is 11.2. The molecular formula is C15H30N2O2. The molecule has 0 radical (unpaired) electrons. The van der Waals surface area contributed by atoms with Gasteiger partial charge in [0, 0.05) is 32.6 Å². The number of piperidine rings is 1. The smallest absolute Gasteiger partial charge is 0.219 e. The van der Waals surface area contributed by atoms with Crippen LogP contribution >= 0.6 is 0 Å². The largest absolute Gasteiger partial charge is 0.389 e. The van der Waals surface area contributed by atoms with E-state index in [1.54, 1.807) is 6.92 Å². The van der Waals surface area contributed by atoms with Gasteiger partial charge < -0.3 is 15.3 Å². The van der Waals surface area contributed by atoms with E-state index < -0.39 is 5.60 Å². The van der Waals surface area contributed by atoms with E-state index >= 15 is 0 Å². The van der Waals surface area contributed by atoms with Gasteiger partial charge in [-0.1, -0.05) is 13.8 Å². The molecule has 2 N–H and O–H groups in total. The first-order valence-electron chi connectivity index (χ1n) is 7.51. The van der Waals surface area contributed by atoms with Crippen molar-refractivity contribution in [2.45, 2.75) is 65.0 Å². The normalized spacial score (nSPS) is 20.6. The summed E-state index contributed by atoms with van der Waals surface area (Å²) < 4.78 is 0. The summed E-state index contributed by atoms with van der Waals surface area (Å²) in [6.45, 7) is 10.2. The van der Waals surface area contributed by atoms with E-state index in [4.69, 9.17) is 0 Å². The van der Waals surface area contributed by atoms with Crippen LogP contribution in [0.25, 0.3) is 0 Å². The SMILES string of the molecule is CC(=O)N1CCC(NCC(C)(O)CCC(C)C)CC1. The van der Waals surface area contributed by atoms with Crippen LogP contribution in [-0.2, 0) is 4.79 Å². The Morgan fingerprint density at radius 2 is 2.00 bits per heavy atom. The average molecular weight is 270 g/mol. The highest BCUT2D eigenvalue weighted by Crippen LogP contribution is 2.17. The Bertz CT molecular complexity index is 282. The van der Waals surface area contributed by atoms with Crippen molar-refractivity contribution in [3.05, 3.63) is 0 Å². The number of likely N-dealkylation sites (tertiary alicyclic amines) is 1. The summed E-state index contributed by atoms with van der Waals surface area (Å²) in [5.74, 6) is 0.799. The number of amides is 1. The lowest BCUT2D eigenvalue weighted by atomic mass is 9.94. The Morgan fingerprint density at radius 1 is 1.42 bits per heavy atom. The van der Waals surface area contributed by atoms with Crippen LogP contribution in [0.15, 0.2) is 0 Å². The molecule has 1 saturated heterocycles. The Hall–Kier alpha value is -0.610. The molecule has 1 aliphatic rings. The van der Waals surface area contributed by atoms with Crippen LogP contribution in [0, 0.1) is 5.92 Å². The van der Waals surface area contributed by atoms with E-state index in [2.05, 4.69) is 19.2 Å². The second-order valence-electron chi connectivity index (χ2n) is 6.59. The van der Waals surface area contributed by atoms with E-state index in [-0.39, 0.29) is 5.91 Å². The molecule has 1 fully saturated rings. The summed E-state index contributed by atoms with van der Waals surface area (Å²) in [7, 11) is 0. The molecule has 0 aliphatic carbocycles. The summed E-state index contributed by atoms with van der Waals surface area (Å²) >= 11 is 0. The van der Waals surface area contributed by atoms with Gasteiger partial charge in [0.15, 0.2) is 0 Å². The number of hydrogen-bond acceptors (Lipinski definition) is 3. The van der Waals surface area contributed by atoms with Gasteiger partial charge in [-0.25, -0.2) is 0 Å². The number of carbonyl (C=O) groups is 1. The third kappa shape index (κ3) is 6.39. The molecule has 1 amide bonds. The predicted octanol–water partition coefficient (Wildman–Crippen LogP) is 1.77. The van der Waals surface area contributed by atoms with Crippen LogP contribution < -0.4 is 5.32 Å². The lowest BCUT2D eigenvalue weighted by Crippen LogP contribution is -2.48. The minimum absolute atomic E-state index is 0.169. The van der Waals surface area contributed by atoms with Crippen LogP contribution in [0.3, 0.4) is 0 Å². The molecule has 0 aromatic heterocycles. The van der Waals surface area contributed by atoms with Crippen molar-refractivity contribution in [2.24, 2.45) is 5.92 Å². The molecule has 1 heterocycles. The van der Waals surface area contributed by atoms with Gasteiger partial charge in [-0.2, -0.15) is 0 Å². The molecule has 0 bridgehead atoms. The van der Waals surface area contributed by atoms with Crippen molar-refractivity contribution in [1.29, 1.82) is 0 Å². The molecule has 1 rings (SSSR count). The summed E-state index contributed by atoms with van der Waals surface area (Å²) in [4.78, 5) is 13.1. The van der Waals surface area contributed by atoms with Crippen molar-refractivity contribution >= 4 is 5.91 Å². The number of nitrogens with zero attached hydrogens (tertiary/aromatic N) is 1. The lowest BCUT2D eigenvalue weighted by Gasteiger charge is -2.34. The molecule has 0 aromatic carbocycles. The second-order valence-corrected chi connectivity index (χ2v) is 6.59. The van der Waals surface area contributed by atoms with Crippen molar-refractivity contribution in [3.63, 3.8) is 0 Å². The molecule has 19 heavy (non-hydrogen) atoms. The van der Waals surface area contributed by atoms with Gasteiger partial charge in [0.1, 0.15) is 0 Å². The minimum atomic E-state index is -0.623. The summed E-state index contributed by atoms with van der Waals surface area (Å²) in [6.07, 6.45) is 3.86. The average Bonchev–Trinajstić information content (AvgIpc) is 2.35. The summed E-state index contributed by atoms with van der Waals surface area (Å²) in [5.41, 5.74) is -0.623. The van der Waals surface area contributed by atoms with E-state index in [0.717, 1.165) is 38.8 Å². The van der Waals surface area contributed by atoms with Crippen LogP contribution in [-0.4, -0.2) is 47.2 Å². The molecule has 0 aromatic rings. The van der Waals surface area contributed by atoms with Gasteiger partial charge >= 0.3 is 0 Å². The molecule has 1 unspecified atom stereocenters. The van der Waals surface area contributed by atoms with E-state index in [1.165, 1.54) is 0 Å². The van der Waals surface area contributed by atoms with Gasteiger partial charge in [0.05, 0.1) is 5.60 Å². The molecule has 0 saturated carbocycles. The van der Waals surface area contributed by atoms with Gasteiger partial charge in [0.25, 0.3) is 0 Å². The minimum Gasteiger partial charge on any atom is -0.389 e. The fourth-order valence-corrected chi connectivity index (χ4v) is 2.45. The fraction of sp³-hybridized carbons (Fsp3) is 0.933. The zero-order chi connectivity index (χ0) is 14.5. The first-order chi connectivity index (χ1) is 8.80.